The van der Waals surface area contributed by atoms with Crippen LogP contribution in [-0.2, 0) is 0 Å². The topological polar surface area (TPSA) is 52.7 Å². The van der Waals surface area contributed by atoms with Gasteiger partial charge in [-0.1, -0.05) is 0 Å². The molecule has 1 saturated heterocycles. The zero-order valence-corrected chi connectivity index (χ0v) is 15.6. The highest BCUT2D eigenvalue weighted by molar-refractivity contribution is 5.98. The second-order valence-corrected chi connectivity index (χ2v) is 6.96. The normalized spacial score (nSPS) is 14.4. The molecule has 0 atom stereocenters. The first-order valence-electron chi connectivity index (χ1n) is 9.15. The number of hydrogen-bond acceptors (Lipinski definition) is 3. The molecule has 6 heteroatoms. The van der Waals surface area contributed by atoms with Gasteiger partial charge in [0, 0.05) is 49.0 Å². The molecule has 1 aliphatic rings. The van der Waals surface area contributed by atoms with Crippen LogP contribution in [0.3, 0.4) is 0 Å². The van der Waals surface area contributed by atoms with Crippen LogP contribution in [0.25, 0.3) is 0 Å². The summed E-state index contributed by atoms with van der Waals surface area (Å²) >= 11 is 0. The first-order chi connectivity index (χ1) is 12.9. The minimum atomic E-state index is -0.252. The summed E-state index contributed by atoms with van der Waals surface area (Å²) in [6, 6.07) is 13.2. The van der Waals surface area contributed by atoms with E-state index in [0.29, 0.717) is 37.3 Å². The zero-order chi connectivity index (χ0) is 19.4. The van der Waals surface area contributed by atoms with Crippen LogP contribution >= 0.6 is 0 Å². The van der Waals surface area contributed by atoms with Gasteiger partial charge in [0.25, 0.3) is 11.8 Å². The average Bonchev–Trinajstić information content (AvgIpc) is 2.68. The monoisotopic (exact) mass is 369 g/mol. The van der Waals surface area contributed by atoms with Crippen molar-refractivity contribution in [1.29, 1.82) is 0 Å². The minimum absolute atomic E-state index is 0.0374. The molecular weight excluding hydrogens is 345 g/mol. The van der Waals surface area contributed by atoms with E-state index in [1.54, 1.807) is 36.4 Å². The minimum Gasteiger partial charge on any atom is -0.368 e. The van der Waals surface area contributed by atoms with Crippen molar-refractivity contribution in [2.45, 2.75) is 19.9 Å². The zero-order valence-electron chi connectivity index (χ0n) is 15.6. The molecule has 2 amide bonds. The molecule has 3 rings (SSSR count). The third kappa shape index (κ3) is 4.64. The van der Waals surface area contributed by atoms with Gasteiger partial charge in [-0.3, -0.25) is 9.59 Å². The number of anilines is 1. The van der Waals surface area contributed by atoms with Crippen LogP contribution in [-0.4, -0.2) is 48.9 Å². The van der Waals surface area contributed by atoms with Gasteiger partial charge in [0.1, 0.15) is 5.82 Å². The molecule has 0 radical (unpaired) electrons. The number of carbonyl (C=O) groups is 2. The van der Waals surface area contributed by atoms with Gasteiger partial charge in [-0.05, 0) is 62.4 Å². The molecule has 0 saturated carbocycles. The summed E-state index contributed by atoms with van der Waals surface area (Å²) in [6.07, 6.45) is 0. The van der Waals surface area contributed by atoms with Gasteiger partial charge in [0.15, 0.2) is 0 Å². The number of hydrogen-bond donors (Lipinski definition) is 1. The number of rotatable bonds is 4. The highest BCUT2D eigenvalue weighted by Gasteiger charge is 2.22. The third-order valence-corrected chi connectivity index (χ3v) is 4.57. The van der Waals surface area contributed by atoms with Crippen LogP contribution in [0, 0.1) is 5.82 Å². The molecule has 1 N–H and O–H groups in total. The van der Waals surface area contributed by atoms with Crippen LogP contribution in [0.4, 0.5) is 10.1 Å². The first-order valence-corrected chi connectivity index (χ1v) is 9.15. The number of benzene rings is 2. The summed E-state index contributed by atoms with van der Waals surface area (Å²) < 4.78 is 13.1. The van der Waals surface area contributed by atoms with Crippen molar-refractivity contribution in [2.75, 3.05) is 31.1 Å². The van der Waals surface area contributed by atoms with Gasteiger partial charge < -0.3 is 15.1 Å². The smallest absolute Gasteiger partial charge is 0.253 e. The SMILES string of the molecule is CC(C)NC(=O)c1ccc(C(=O)N2CCN(c3ccc(F)cc3)CC2)cc1. The van der Waals surface area contributed by atoms with Crippen molar-refractivity contribution >= 4 is 17.5 Å². The number of carbonyl (C=O) groups excluding carboxylic acids is 2. The molecular formula is C21H24FN3O2. The Morgan fingerprint density at radius 2 is 1.44 bits per heavy atom. The molecule has 1 heterocycles. The molecule has 0 aliphatic carbocycles. The summed E-state index contributed by atoms with van der Waals surface area (Å²) in [4.78, 5) is 28.6. The Morgan fingerprint density at radius 3 is 2.00 bits per heavy atom. The largest absolute Gasteiger partial charge is 0.368 e. The number of halogens is 1. The van der Waals surface area contributed by atoms with Gasteiger partial charge in [-0.25, -0.2) is 4.39 Å². The maximum atomic E-state index is 13.1. The fourth-order valence-electron chi connectivity index (χ4n) is 3.11. The predicted octanol–water partition coefficient (Wildman–Crippen LogP) is 2.93. The van der Waals surface area contributed by atoms with Gasteiger partial charge in [-0.2, -0.15) is 0 Å². The van der Waals surface area contributed by atoms with Crippen molar-refractivity contribution in [1.82, 2.24) is 10.2 Å². The lowest BCUT2D eigenvalue weighted by molar-refractivity contribution is 0.0746. The van der Waals surface area contributed by atoms with Crippen LogP contribution in [0.1, 0.15) is 34.6 Å². The Balaban J connectivity index is 1.59. The van der Waals surface area contributed by atoms with Crippen molar-refractivity contribution in [2.24, 2.45) is 0 Å². The van der Waals surface area contributed by atoms with E-state index in [9.17, 15) is 14.0 Å². The highest BCUT2D eigenvalue weighted by Crippen LogP contribution is 2.18. The number of nitrogens with one attached hydrogen (secondary N) is 1. The summed E-state index contributed by atoms with van der Waals surface area (Å²) in [7, 11) is 0. The maximum absolute atomic E-state index is 13.1. The average molecular weight is 369 g/mol. The third-order valence-electron chi connectivity index (χ3n) is 4.57. The van der Waals surface area contributed by atoms with Crippen molar-refractivity contribution in [3.63, 3.8) is 0 Å². The van der Waals surface area contributed by atoms with Gasteiger partial charge in [0.2, 0.25) is 0 Å². The van der Waals surface area contributed by atoms with Crippen LogP contribution < -0.4 is 10.2 Å². The van der Waals surface area contributed by atoms with Crippen LogP contribution in [0.15, 0.2) is 48.5 Å². The van der Waals surface area contributed by atoms with E-state index in [0.717, 1.165) is 5.69 Å². The van der Waals surface area contributed by atoms with Gasteiger partial charge in [0.05, 0.1) is 0 Å². The fraction of sp³-hybridized carbons (Fsp3) is 0.333. The van der Waals surface area contributed by atoms with E-state index >= 15 is 0 Å². The second-order valence-electron chi connectivity index (χ2n) is 6.96. The van der Waals surface area contributed by atoms with Crippen molar-refractivity contribution in [3.05, 3.63) is 65.5 Å². The Bertz CT molecular complexity index is 795. The van der Waals surface area contributed by atoms with Gasteiger partial charge in [-0.15, -0.1) is 0 Å². The molecule has 0 aromatic heterocycles. The van der Waals surface area contributed by atoms with E-state index in [4.69, 9.17) is 0 Å². The number of amides is 2. The van der Waals surface area contributed by atoms with E-state index in [1.807, 2.05) is 18.7 Å². The lowest BCUT2D eigenvalue weighted by Gasteiger charge is -2.36. The van der Waals surface area contributed by atoms with Crippen LogP contribution in [0.2, 0.25) is 0 Å². The summed E-state index contributed by atoms with van der Waals surface area (Å²) in [6.45, 7) is 6.42. The molecule has 1 fully saturated rings. The highest BCUT2D eigenvalue weighted by atomic mass is 19.1. The predicted molar refractivity (Wildman–Crippen MR) is 104 cm³/mol. The quantitative estimate of drug-likeness (QED) is 0.902. The number of piperazine rings is 1. The lowest BCUT2D eigenvalue weighted by atomic mass is 10.1. The molecule has 5 nitrogen and oxygen atoms in total. The van der Waals surface area contributed by atoms with E-state index in [2.05, 4.69) is 10.2 Å². The fourth-order valence-corrected chi connectivity index (χ4v) is 3.11. The van der Waals surface area contributed by atoms with Crippen molar-refractivity contribution < 1.29 is 14.0 Å². The first kappa shape index (κ1) is 18.9. The number of nitrogens with zero attached hydrogens (tertiary/aromatic N) is 2. The van der Waals surface area contributed by atoms with Gasteiger partial charge >= 0.3 is 0 Å². The van der Waals surface area contributed by atoms with E-state index in [1.165, 1.54) is 12.1 Å². The molecule has 2 aromatic rings. The molecule has 0 spiro atoms. The van der Waals surface area contributed by atoms with E-state index < -0.39 is 0 Å². The Kier molecular flexibility index (Phi) is 5.74. The molecule has 27 heavy (non-hydrogen) atoms. The van der Waals surface area contributed by atoms with E-state index in [-0.39, 0.29) is 23.7 Å². The molecule has 0 bridgehead atoms. The van der Waals surface area contributed by atoms with Crippen molar-refractivity contribution in [3.8, 4) is 0 Å². The molecule has 1 aliphatic heterocycles. The summed E-state index contributed by atoms with van der Waals surface area (Å²) in [5.74, 6) is -0.431. The summed E-state index contributed by atoms with van der Waals surface area (Å²) in [5.41, 5.74) is 2.08. The Hall–Kier alpha value is -2.89. The second kappa shape index (κ2) is 8.20. The maximum Gasteiger partial charge on any atom is 0.253 e. The molecule has 0 unspecified atom stereocenters. The summed E-state index contributed by atoms with van der Waals surface area (Å²) in [5, 5.41) is 2.83. The Labute approximate surface area is 158 Å². The molecule has 142 valence electrons. The lowest BCUT2D eigenvalue weighted by Crippen LogP contribution is -2.48. The van der Waals surface area contributed by atoms with Crippen LogP contribution in [0.5, 0.6) is 0 Å². The standard InChI is InChI=1S/C21H24FN3O2/c1-15(2)23-20(26)16-3-5-17(6-4-16)21(27)25-13-11-24(12-14-25)19-9-7-18(22)8-10-19/h3-10,15H,11-14H2,1-2H3,(H,23,26). The molecule has 2 aromatic carbocycles. The Morgan fingerprint density at radius 1 is 0.889 bits per heavy atom.